The number of nitrogens with one attached hydrogen (secondary N) is 1. The van der Waals surface area contributed by atoms with Gasteiger partial charge in [-0.2, -0.15) is 0 Å². The van der Waals surface area contributed by atoms with E-state index in [1.807, 2.05) is 12.1 Å². The first kappa shape index (κ1) is 12.4. The molecule has 88 valence electrons. The third-order valence-corrected chi connectivity index (χ3v) is 1.74. The van der Waals surface area contributed by atoms with Crippen LogP contribution in [0.15, 0.2) is 24.3 Å². The second-order valence-electron chi connectivity index (χ2n) is 4.58. The van der Waals surface area contributed by atoms with E-state index in [4.69, 9.17) is 9.84 Å². The van der Waals surface area contributed by atoms with Crippen molar-refractivity contribution >= 4 is 11.7 Å². The molecule has 0 amide bonds. The summed E-state index contributed by atoms with van der Waals surface area (Å²) in [5.74, 6) is -0.418. The monoisotopic (exact) mass is 223 g/mol. The topological polar surface area (TPSA) is 58.6 Å². The van der Waals surface area contributed by atoms with Gasteiger partial charge in [-0.1, -0.05) is 0 Å². The zero-order valence-electron chi connectivity index (χ0n) is 9.78. The maximum Gasteiger partial charge on any atom is 0.341 e. The average Bonchev–Trinajstić information content (AvgIpc) is 2.14. The van der Waals surface area contributed by atoms with Crippen molar-refractivity contribution in [3.05, 3.63) is 24.3 Å². The van der Waals surface area contributed by atoms with Gasteiger partial charge in [0.1, 0.15) is 5.75 Å². The van der Waals surface area contributed by atoms with Gasteiger partial charge in [-0.15, -0.1) is 0 Å². The maximum absolute atomic E-state index is 10.3. The van der Waals surface area contributed by atoms with Crippen LogP contribution < -0.4 is 10.1 Å². The SMILES string of the molecule is CC(C)(C)Nc1ccc(OCC(=O)O)cc1. The highest BCUT2D eigenvalue weighted by molar-refractivity contribution is 5.68. The molecule has 16 heavy (non-hydrogen) atoms. The van der Waals surface area contributed by atoms with Gasteiger partial charge in [0.05, 0.1) is 0 Å². The summed E-state index contributed by atoms with van der Waals surface area (Å²) in [4.78, 5) is 10.3. The van der Waals surface area contributed by atoms with Crippen LogP contribution in [0.25, 0.3) is 0 Å². The molecule has 0 spiro atoms. The number of carbonyl (C=O) groups is 1. The fourth-order valence-electron chi connectivity index (χ4n) is 1.21. The third kappa shape index (κ3) is 4.68. The molecule has 0 aliphatic carbocycles. The van der Waals surface area contributed by atoms with E-state index in [2.05, 4.69) is 26.1 Å². The van der Waals surface area contributed by atoms with Crippen molar-refractivity contribution in [3.63, 3.8) is 0 Å². The molecule has 4 heteroatoms. The minimum absolute atomic E-state index is 0.00341. The Balaban J connectivity index is 2.57. The van der Waals surface area contributed by atoms with E-state index in [1.54, 1.807) is 12.1 Å². The quantitative estimate of drug-likeness (QED) is 0.822. The summed E-state index contributed by atoms with van der Waals surface area (Å²) in [6.45, 7) is 5.90. The van der Waals surface area contributed by atoms with Crippen LogP contribution in [0, 0.1) is 0 Å². The summed E-state index contributed by atoms with van der Waals surface area (Å²) in [6.07, 6.45) is 0. The first-order valence-corrected chi connectivity index (χ1v) is 5.10. The zero-order valence-corrected chi connectivity index (χ0v) is 9.78. The Labute approximate surface area is 95.2 Å². The molecule has 0 radical (unpaired) electrons. The fraction of sp³-hybridized carbons (Fsp3) is 0.417. The Morgan fingerprint density at radius 2 is 1.88 bits per heavy atom. The number of hydrogen-bond acceptors (Lipinski definition) is 3. The molecular formula is C12H17NO3. The molecule has 1 aromatic carbocycles. The van der Waals surface area contributed by atoms with Crippen molar-refractivity contribution in [2.45, 2.75) is 26.3 Å². The van der Waals surface area contributed by atoms with Crippen LogP contribution in [0.1, 0.15) is 20.8 Å². The highest BCUT2D eigenvalue weighted by atomic mass is 16.5. The lowest BCUT2D eigenvalue weighted by Gasteiger charge is -2.22. The minimum Gasteiger partial charge on any atom is -0.482 e. The molecule has 1 rings (SSSR count). The van der Waals surface area contributed by atoms with Crippen molar-refractivity contribution in [2.75, 3.05) is 11.9 Å². The van der Waals surface area contributed by atoms with Gasteiger partial charge in [0, 0.05) is 11.2 Å². The summed E-state index contributed by atoms with van der Waals surface area (Å²) in [6, 6.07) is 7.22. The highest BCUT2D eigenvalue weighted by Crippen LogP contribution is 2.18. The molecule has 0 fully saturated rings. The van der Waals surface area contributed by atoms with Gasteiger partial charge in [-0.05, 0) is 45.0 Å². The van der Waals surface area contributed by atoms with E-state index in [0.29, 0.717) is 5.75 Å². The Bertz CT molecular complexity index is 352. The summed E-state index contributed by atoms with van der Waals surface area (Å²) in [5, 5.41) is 11.7. The first-order chi connectivity index (χ1) is 7.37. The van der Waals surface area contributed by atoms with E-state index in [9.17, 15) is 4.79 Å². The van der Waals surface area contributed by atoms with Gasteiger partial charge < -0.3 is 15.2 Å². The van der Waals surface area contributed by atoms with E-state index >= 15 is 0 Å². The highest BCUT2D eigenvalue weighted by Gasteiger charge is 2.08. The van der Waals surface area contributed by atoms with Crippen LogP contribution in [0.4, 0.5) is 5.69 Å². The van der Waals surface area contributed by atoms with Crippen LogP contribution in [-0.2, 0) is 4.79 Å². The van der Waals surface area contributed by atoms with Crippen molar-refractivity contribution in [1.29, 1.82) is 0 Å². The Kier molecular flexibility index (Phi) is 3.77. The van der Waals surface area contributed by atoms with Gasteiger partial charge in [0.15, 0.2) is 6.61 Å². The largest absolute Gasteiger partial charge is 0.482 e. The number of benzene rings is 1. The molecule has 0 aromatic heterocycles. The Morgan fingerprint density at radius 1 is 1.31 bits per heavy atom. The lowest BCUT2D eigenvalue weighted by atomic mass is 10.1. The summed E-state index contributed by atoms with van der Waals surface area (Å²) < 4.78 is 5.03. The van der Waals surface area contributed by atoms with Crippen LogP contribution in [0.3, 0.4) is 0 Å². The molecule has 0 saturated heterocycles. The van der Waals surface area contributed by atoms with Crippen molar-refractivity contribution in [1.82, 2.24) is 0 Å². The molecule has 1 aromatic rings. The van der Waals surface area contributed by atoms with Crippen LogP contribution >= 0.6 is 0 Å². The second kappa shape index (κ2) is 4.88. The van der Waals surface area contributed by atoms with Gasteiger partial charge in [0.25, 0.3) is 0 Å². The zero-order chi connectivity index (χ0) is 12.2. The minimum atomic E-state index is -0.975. The molecule has 4 nitrogen and oxygen atoms in total. The number of carboxylic acids is 1. The molecule has 0 atom stereocenters. The molecule has 0 unspecified atom stereocenters. The molecule has 0 aliphatic heterocycles. The normalized spacial score (nSPS) is 10.9. The molecule has 0 heterocycles. The van der Waals surface area contributed by atoms with Crippen LogP contribution in [-0.4, -0.2) is 23.2 Å². The predicted octanol–water partition coefficient (Wildman–Crippen LogP) is 2.36. The molecule has 0 saturated carbocycles. The van der Waals surface area contributed by atoms with Crippen LogP contribution in [0.5, 0.6) is 5.75 Å². The lowest BCUT2D eigenvalue weighted by molar-refractivity contribution is -0.139. The van der Waals surface area contributed by atoms with Crippen molar-refractivity contribution < 1.29 is 14.6 Å². The Morgan fingerprint density at radius 3 is 2.31 bits per heavy atom. The maximum atomic E-state index is 10.3. The predicted molar refractivity (Wildman–Crippen MR) is 62.9 cm³/mol. The number of carboxylic acid groups (broad SMARTS) is 1. The third-order valence-electron chi connectivity index (χ3n) is 1.74. The Hall–Kier alpha value is -1.71. The van der Waals surface area contributed by atoms with E-state index < -0.39 is 5.97 Å². The fourth-order valence-corrected chi connectivity index (χ4v) is 1.21. The first-order valence-electron chi connectivity index (χ1n) is 5.10. The number of aliphatic carboxylic acids is 1. The number of hydrogen-bond donors (Lipinski definition) is 2. The summed E-state index contributed by atoms with van der Waals surface area (Å²) >= 11 is 0. The number of rotatable bonds is 4. The average molecular weight is 223 g/mol. The van der Waals surface area contributed by atoms with Gasteiger partial charge in [-0.25, -0.2) is 4.79 Å². The van der Waals surface area contributed by atoms with E-state index in [-0.39, 0.29) is 12.1 Å². The van der Waals surface area contributed by atoms with Gasteiger partial charge in [-0.3, -0.25) is 0 Å². The standard InChI is InChI=1S/C12H17NO3/c1-12(2,3)13-9-4-6-10(7-5-9)16-8-11(14)15/h4-7,13H,8H2,1-3H3,(H,14,15). The molecule has 0 aliphatic rings. The van der Waals surface area contributed by atoms with Crippen LogP contribution in [0.2, 0.25) is 0 Å². The smallest absolute Gasteiger partial charge is 0.341 e. The van der Waals surface area contributed by atoms with E-state index in [0.717, 1.165) is 5.69 Å². The molecular weight excluding hydrogens is 206 g/mol. The van der Waals surface area contributed by atoms with Gasteiger partial charge in [0.2, 0.25) is 0 Å². The van der Waals surface area contributed by atoms with Crippen molar-refractivity contribution in [3.8, 4) is 5.75 Å². The second-order valence-corrected chi connectivity index (χ2v) is 4.58. The number of ether oxygens (including phenoxy) is 1. The molecule has 0 bridgehead atoms. The number of anilines is 1. The van der Waals surface area contributed by atoms with Gasteiger partial charge >= 0.3 is 5.97 Å². The summed E-state index contributed by atoms with van der Waals surface area (Å²) in [7, 11) is 0. The molecule has 2 N–H and O–H groups in total. The van der Waals surface area contributed by atoms with Crippen molar-refractivity contribution in [2.24, 2.45) is 0 Å². The van der Waals surface area contributed by atoms with E-state index in [1.165, 1.54) is 0 Å². The summed E-state index contributed by atoms with van der Waals surface area (Å²) in [5.41, 5.74) is 0.985. The lowest BCUT2D eigenvalue weighted by Crippen LogP contribution is -2.25.